The van der Waals surface area contributed by atoms with Crippen LogP contribution in [0.1, 0.15) is 43.2 Å². The van der Waals surface area contributed by atoms with Crippen LogP contribution >= 0.6 is 11.3 Å². The highest BCUT2D eigenvalue weighted by Gasteiger charge is 2.24. The largest absolute Gasteiger partial charge is 0.339 e. The molecule has 0 atom stereocenters. The number of carbonyl (C=O) groups excluding carboxylic acids is 1. The van der Waals surface area contributed by atoms with Crippen LogP contribution in [-0.2, 0) is 17.8 Å². The molecule has 30 heavy (non-hydrogen) atoms. The highest BCUT2D eigenvalue weighted by atomic mass is 32.1. The van der Waals surface area contributed by atoms with Gasteiger partial charge < -0.3 is 14.3 Å². The Morgan fingerprint density at radius 3 is 2.63 bits per heavy atom. The van der Waals surface area contributed by atoms with E-state index in [9.17, 15) is 4.79 Å². The number of quaternary nitrogens is 1. The van der Waals surface area contributed by atoms with E-state index in [4.69, 9.17) is 4.52 Å². The van der Waals surface area contributed by atoms with Gasteiger partial charge in [0.2, 0.25) is 17.6 Å². The Kier molecular flexibility index (Phi) is 6.59. The smallest absolute Gasteiger partial charge is 0.227 e. The first-order chi connectivity index (χ1) is 14.6. The highest BCUT2D eigenvalue weighted by Crippen LogP contribution is 2.21. The zero-order valence-electron chi connectivity index (χ0n) is 17.6. The van der Waals surface area contributed by atoms with Crippen molar-refractivity contribution in [1.82, 2.24) is 15.0 Å². The molecular formula is C23H29N4O2S+. The molecule has 7 heteroatoms. The van der Waals surface area contributed by atoms with Gasteiger partial charge in [0.05, 0.1) is 31.1 Å². The summed E-state index contributed by atoms with van der Waals surface area (Å²) in [6, 6.07) is 12.9. The molecule has 0 aliphatic carbocycles. The Hall–Kier alpha value is -2.51. The number of nitrogens with one attached hydrogen (secondary N) is 1. The number of piperazine rings is 1. The molecule has 1 amide bonds. The topological polar surface area (TPSA) is 63.7 Å². The lowest BCUT2D eigenvalue weighted by atomic mass is 10.0. The first kappa shape index (κ1) is 20.8. The van der Waals surface area contributed by atoms with Crippen LogP contribution in [0.15, 0.2) is 46.3 Å². The third kappa shape index (κ3) is 5.15. The Morgan fingerprint density at radius 2 is 1.97 bits per heavy atom. The van der Waals surface area contributed by atoms with Gasteiger partial charge in [-0.05, 0) is 22.9 Å². The number of aryl methyl sites for hydroxylation is 1. The highest BCUT2D eigenvalue weighted by molar-refractivity contribution is 7.13. The van der Waals surface area contributed by atoms with Gasteiger partial charge in [-0.3, -0.25) is 4.79 Å². The van der Waals surface area contributed by atoms with E-state index in [2.05, 4.69) is 48.3 Å². The van der Waals surface area contributed by atoms with Crippen molar-refractivity contribution < 1.29 is 14.2 Å². The van der Waals surface area contributed by atoms with E-state index in [-0.39, 0.29) is 5.91 Å². The Bertz CT molecular complexity index is 942. The van der Waals surface area contributed by atoms with Crippen molar-refractivity contribution in [2.24, 2.45) is 0 Å². The van der Waals surface area contributed by atoms with E-state index in [1.54, 1.807) is 11.3 Å². The maximum Gasteiger partial charge on any atom is 0.227 e. The monoisotopic (exact) mass is 425 g/mol. The summed E-state index contributed by atoms with van der Waals surface area (Å²) < 4.78 is 5.30. The molecule has 1 aliphatic heterocycles. The average molecular weight is 426 g/mol. The second kappa shape index (κ2) is 9.53. The predicted octanol–water partition coefficient (Wildman–Crippen LogP) is 2.78. The molecule has 3 aromatic rings. The maximum atomic E-state index is 12.6. The summed E-state index contributed by atoms with van der Waals surface area (Å²) in [7, 11) is 0. The lowest BCUT2D eigenvalue weighted by Gasteiger charge is -2.32. The number of hydrogen-bond donors (Lipinski definition) is 1. The van der Waals surface area contributed by atoms with E-state index in [1.165, 1.54) is 16.0 Å². The fourth-order valence-electron chi connectivity index (χ4n) is 3.79. The molecule has 6 nitrogen and oxygen atoms in total. The molecule has 3 heterocycles. The summed E-state index contributed by atoms with van der Waals surface area (Å²) in [5.41, 5.74) is 2.75. The van der Waals surface area contributed by atoms with E-state index in [1.807, 2.05) is 22.4 Å². The minimum Gasteiger partial charge on any atom is -0.339 e. The Labute approximate surface area is 181 Å². The fourth-order valence-corrected chi connectivity index (χ4v) is 4.44. The number of carbonyl (C=O) groups is 1. The SMILES string of the molecule is CC(C)c1ccc(C[NH+]2CCN(C(=O)CCc3nc(-c4cccs4)no3)CC2)cc1. The zero-order valence-corrected chi connectivity index (χ0v) is 18.5. The maximum absolute atomic E-state index is 12.6. The van der Waals surface area contributed by atoms with Crippen LogP contribution in [0.4, 0.5) is 0 Å². The summed E-state index contributed by atoms with van der Waals surface area (Å²) in [6.07, 6.45) is 0.907. The Balaban J connectivity index is 1.21. The van der Waals surface area contributed by atoms with E-state index in [0.717, 1.165) is 37.6 Å². The molecule has 0 radical (unpaired) electrons. The van der Waals surface area contributed by atoms with Crippen molar-refractivity contribution in [1.29, 1.82) is 0 Å². The van der Waals surface area contributed by atoms with Crippen LogP contribution in [0.2, 0.25) is 0 Å². The Morgan fingerprint density at radius 1 is 1.20 bits per heavy atom. The molecule has 1 saturated heterocycles. The first-order valence-electron chi connectivity index (χ1n) is 10.6. The minimum absolute atomic E-state index is 0.172. The van der Waals surface area contributed by atoms with Crippen LogP contribution in [0.5, 0.6) is 0 Å². The van der Waals surface area contributed by atoms with Crippen molar-refractivity contribution in [3.8, 4) is 10.7 Å². The van der Waals surface area contributed by atoms with Crippen LogP contribution in [0.25, 0.3) is 10.7 Å². The summed E-state index contributed by atoms with van der Waals surface area (Å²) in [4.78, 5) is 21.5. The summed E-state index contributed by atoms with van der Waals surface area (Å²) in [5.74, 6) is 1.87. The minimum atomic E-state index is 0.172. The second-order valence-electron chi connectivity index (χ2n) is 8.19. The summed E-state index contributed by atoms with van der Waals surface area (Å²) in [5, 5.41) is 5.99. The molecule has 158 valence electrons. The number of nitrogens with zero attached hydrogens (tertiary/aromatic N) is 3. The fraction of sp³-hybridized carbons (Fsp3) is 0.435. The summed E-state index contributed by atoms with van der Waals surface area (Å²) >= 11 is 1.58. The van der Waals surface area contributed by atoms with Crippen molar-refractivity contribution >= 4 is 17.2 Å². The van der Waals surface area contributed by atoms with Crippen molar-refractivity contribution in [3.05, 3.63) is 58.8 Å². The van der Waals surface area contributed by atoms with Gasteiger partial charge >= 0.3 is 0 Å². The lowest BCUT2D eigenvalue weighted by Crippen LogP contribution is -3.13. The van der Waals surface area contributed by atoms with Crippen LogP contribution in [0, 0.1) is 0 Å². The molecular weight excluding hydrogens is 396 g/mol. The number of thiophene rings is 1. The van der Waals surface area contributed by atoms with E-state index < -0.39 is 0 Å². The van der Waals surface area contributed by atoms with Gasteiger partial charge in [0.25, 0.3) is 0 Å². The third-order valence-electron chi connectivity index (χ3n) is 5.69. The van der Waals surface area contributed by atoms with Gasteiger partial charge in [-0.2, -0.15) is 4.98 Å². The van der Waals surface area contributed by atoms with Crippen molar-refractivity contribution in [3.63, 3.8) is 0 Å². The van der Waals surface area contributed by atoms with Crippen molar-refractivity contribution in [2.75, 3.05) is 26.2 Å². The van der Waals surface area contributed by atoms with Crippen LogP contribution < -0.4 is 4.90 Å². The van der Waals surface area contributed by atoms with Gasteiger partial charge in [0.1, 0.15) is 6.54 Å². The summed E-state index contributed by atoms with van der Waals surface area (Å²) in [6.45, 7) is 9.05. The molecule has 0 unspecified atom stereocenters. The number of benzene rings is 1. The second-order valence-corrected chi connectivity index (χ2v) is 9.14. The van der Waals surface area contributed by atoms with Crippen LogP contribution in [0.3, 0.4) is 0 Å². The number of hydrogen-bond acceptors (Lipinski definition) is 5. The molecule has 0 saturated carbocycles. The van der Waals surface area contributed by atoms with Crippen LogP contribution in [-0.4, -0.2) is 47.1 Å². The molecule has 0 spiro atoms. The van der Waals surface area contributed by atoms with E-state index >= 15 is 0 Å². The molecule has 0 bridgehead atoms. The lowest BCUT2D eigenvalue weighted by molar-refractivity contribution is -0.917. The quantitative estimate of drug-likeness (QED) is 0.632. The zero-order chi connectivity index (χ0) is 20.9. The number of aromatic nitrogens is 2. The molecule has 2 aromatic heterocycles. The first-order valence-corrected chi connectivity index (χ1v) is 11.5. The molecule has 1 fully saturated rings. The normalized spacial score (nSPS) is 15.1. The molecule has 1 aliphatic rings. The van der Waals surface area contributed by atoms with Gasteiger partial charge in [-0.1, -0.05) is 49.3 Å². The predicted molar refractivity (Wildman–Crippen MR) is 117 cm³/mol. The molecule has 4 rings (SSSR count). The van der Waals surface area contributed by atoms with Gasteiger partial charge in [0.15, 0.2) is 0 Å². The standard InChI is InChI=1S/C23H28N4O2S/c1-17(2)19-7-5-18(6-8-19)16-26-11-13-27(14-12-26)22(28)10-9-21-24-23(25-29-21)20-4-3-15-30-20/h3-8,15,17H,9-14,16H2,1-2H3/p+1. The molecule has 1 N–H and O–H groups in total. The molecule has 1 aromatic carbocycles. The van der Waals surface area contributed by atoms with Crippen molar-refractivity contribution in [2.45, 2.75) is 39.2 Å². The van der Waals surface area contributed by atoms with Gasteiger partial charge in [-0.15, -0.1) is 11.3 Å². The number of rotatable bonds is 7. The third-order valence-corrected chi connectivity index (χ3v) is 6.55. The van der Waals surface area contributed by atoms with Gasteiger partial charge in [0, 0.05) is 18.4 Å². The van der Waals surface area contributed by atoms with Gasteiger partial charge in [-0.25, -0.2) is 0 Å². The number of amides is 1. The van der Waals surface area contributed by atoms with E-state index in [0.29, 0.717) is 30.5 Å². The average Bonchev–Trinajstić information content (AvgIpc) is 3.45.